The highest BCUT2D eigenvalue weighted by Gasteiger charge is 2.26. The van der Waals surface area contributed by atoms with E-state index in [9.17, 15) is 4.79 Å². The number of morpholine rings is 1. The Bertz CT molecular complexity index is 705. The molecule has 2 aromatic rings. The second-order valence-electron chi connectivity index (χ2n) is 5.60. The smallest absolute Gasteiger partial charge is 0.322 e. The van der Waals surface area contributed by atoms with Crippen LogP contribution in [0.3, 0.4) is 0 Å². The van der Waals surface area contributed by atoms with E-state index in [1.807, 2.05) is 24.3 Å². The lowest BCUT2D eigenvalue weighted by atomic mass is 10.0. The minimum Gasteiger partial charge on any atom is -0.370 e. The number of benzene rings is 2. The molecule has 1 aliphatic rings. The molecule has 0 spiro atoms. The second kappa shape index (κ2) is 7.02. The lowest BCUT2D eigenvalue weighted by Crippen LogP contribution is -2.44. The maximum absolute atomic E-state index is 12.5. The van der Waals surface area contributed by atoms with Gasteiger partial charge in [-0.15, -0.1) is 0 Å². The van der Waals surface area contributed by atoms with E-state index in [2.05, 4.69) is 24.4 Å². The average Bonchev–Trinajstić information content (AvgIpc) is 2.55. The van der Waals surface area contributed by atoms with Crippen LogP contribution in [0.5, 0.6) is 0 Å². The van der Waals surface area contributed by atoms with Crippen LogP contribution in [0.2, 0.25) is 5.02 Å². The van der Waals surface area contributed by atoms with Crippen LogP contribution in [-0.2, 0) is 4.74 Å². The molecule has 1 heterocycles. The van der Waals surface area contributed by atoms with E-state index >= 15 is 0 Å². The van der Waals surface area contributed by atoms with E-state index in [1.165, 1.54) is 5.56 Å². The third-order valence-corrected chi connectivity index (χ3v) is 4.20. The Labute approximate surface area is 141 Å². The zero-order valence-electron chi connectivity index (χ0n) is 13.0. The first-order valence-corrected chi connectivity index (χ1v) is 8.00. The molecule has 5 heteroatoms. The van der Waals surface area contributed by atoms with Crippen LogP contribution < -0.4 is 5.32 Å². The van der Waals surface area contributed by atoms with Crippen LogP contribution in [0.25, 0.3) is 0 Å². The number of carbonyl (C=O) groups excluding carboxylic acids is 1. The Balaban J connectivity index is 1.68. The SMILES string of the molecule is Cc1ccccc1C1CN(C(=O)Nc2cccc(Cl)c2)CCO1. The van der Waals surface area contributed by atoms with Crippen molar-refractivity contribution < 1.29 is 9.53 Å². The summed E-state index contributed by atoms with van der Waals surface area (Å²) >= 11 is 5.95. The predicted octanol–water partition coefficient (Wildman–Crippen LogP) is 4.25. The number of nitrogens with zero attached hydrogens (tertiary/aromatic N) is 1. The van der Waals surface area contributed by atoms with Crippen molar-refractivity contribution in [3.8, 4) is 0 Å². The number of aryl methyl sites for hydroxylation is 1. The number of nitrogens with one attached hydrogen (secondary N) is 1. The van der Waals surface area contributed by atoms with E-state index in [-0.39, 0.29) is 12.1 Å². The lowest BCUT2D eigenvalue weighted by molar-refractivity contribution is -0.0138. The van der Waals surface area contributed by atoms with Gasteiger partial charge in [0.05, 0.1) is 13.2 Å². The molecule has 2 aromatic carbocycles. The Morgan fingerprint density at radius 1 is 1.26 bits per heavy atom. The highest BCUT2D eigenvalue weighted by molar-refractivity contribution is 6.30. The standard InChI is InChI=1S/C18H19ClN2O2/c1-13-5-2-3-8-16(13)17-12-21(9-10-23-17)18(22)20-15-7-4-6-14(19)11-15/h2-8,11,17H,9-10,12H2,1H3,(H,20,22). The Kier molecular flexibility index (Phi) is 4.84. The molecule has 3 rings (SSSR count). The molecule has 4 nitrogen and oxygen atoms in total. The summed E-state index contributed by atoms with van der Waals surface area (Å²) in [5.41, 5.74) is 3.00. The van der Waals surface area contributed by atoms with Gasteiger partial charge in [0.1, 0.15) is 6.10 Å². The second-order valence-corrected chi connectivity index (χ2v) is 6.04. The van der Waals surface area contributed by atoms with Crippen molar-refractivity contribution in [3.05, 3.63) is 64.7 Å². The number of carbonyl (C=O) groups is 1. The number of anilines is 1. The van der Waals surface area contributed by atoms with E-state index in [0.717, 1.165) is 5.56 Å². The Hall–Kier alpha value is -2.04. The van der Waals surface area contributed by atoms with Crippen molar-refractivity contribution in [1.29, 1.82) is 0 Å². The summed E-state index contributed by atoms with van der Waals surface area (Å²) in [6, 6.07) is 15.1. The summed E-state index contributed by atoms with van der Waals surface area (Å²) in [7, 11) is 0. The van der Waals surface area contributed by atoms with Crippen LogP contribution in [0.1, 0.15) is 17.2 Å². The normalized spacial score (nSPS) is 17.8. The van der Waals surface area contributed by atoms with E-state index in [4.69, 9.17) is 16.3 Å². The third-order valence-electron chi connectivity index (χ3n) is 3.96. The molecule has 0 radical (unpaired) electrons. The summed E-state index contributed by atoms with van der Waals surface area (Å²) in [5, 5.41) is 3.49. The molecule has 1 N–H and O–H groups in total. The van der Waals surface area contributed by atoms with Crippen LogP contribution in [0, 0.1) is 6.92 Å². The van der Waals surface area contributed by atoms with Gasteiger partial charge in [-0.1, -0.05) is 41.9 Å². The zero-order chi connectivity index (χ0) is 16.2. The minimum atomic E-state index is -0.130. The quantitative estimate of drug-likeness (QED) is 0.894. The molecular weight excluding hydrogens is 312 g/mol. The van der Waals surface area contributed by atoms with Crippen LogP contribution in [0.15, 0.2) is 48.5 Å². The van der Waals surface area contributed by atoms with Crippen LogP contribution in [-0.4, -0.2) is 30.6 Å². The molecule has 2 amide bonds. The number of amides is 2. The molecule has 1 unspecified atom stereocenters. The fourth-order valence-corrected chi connectivity index (χ4v) is 2.93. The molecule has 0 saturated carbocycles. The summed E-state index contributed by atoms with van der Waals surface area (Å²) in [6.07, 6.45) is -0.0879. The fourth-order valence-electron chi connectivity index (χ4n) is 2.74. The first-order chi connectivity index (χ1) is 11.1. The van der Waals surface area contributed by atoms with Gasteiger partial charge in [-0.05, 0) is 36.2 Å². The summed E-state index contributed by atoms with van der Waals surface area (Å²) in [5.74, 6) is 0. The number of hydrogen-bond acceptors (Lipinski definition) is 2. The van der Waals surface area contributed by atoms with Gasteiger partial charge in [0, 0.05) is 17.3 Å². The first kappa shape index (κ1) is 15.8. The largest absolute Gasteiger partial charge is 0.370 e. The maximum Gasteiger partial charge on any atom is 0.322 e. The van der Waals surface area contributed by atoms with Gasteiger partial charge in [-0.2, -0.15) is 0 Å². The van der Waals surface area contributed by atoms with Crippen LogP contribution in [0.4, 0.5) is 10.5 Å². The zero-order valence-corrected chi connectivity index (χ0v) is 13.7. The molecule has 23 heavy (non-hydrogen) atoms. The molecule has 0 aromatic heterocycles. The molecule has 1 atom stereocenters. The van der Waals surface area contributed by atoms with Crippen molar-refractivity contribution >= 4 is 23.3 Å². The molecule has 1 fully saturated rings. The number of hydrogen-bond donors (Lipinski definition) is 1. The number of ether oxygens (including phenoxy) is 1. The van der Waals surface area contributed by atoms with Crippen molar-refractivity contribution in [3.63, 3.8) is 0 Å². The number of urea groups is 1. The molecule has 0 bridgehead atoms. The molecule has 0 aliphatic carbocycles. The van der Waals surface area contributed by atoms with Crippen molar-refractivity contribution in [2.45, 2.75) is 13.0 Å². The van der Waals surface area contributed by atoms with Crippen molar-refractivity contribution in [1.82, 2.24) is 4.90 Å². The van der Waals surface area contributed by atoms with E-state index in [1.54, 1.807) is 17.0 Å². The molecule has 1 saturated heterocycles. The summed E-state index contributed by atoms with van der Waals surface area (Å²) in [6.45, 7) is 3.71. The number of rotatable bonds is 2. The highest BCUT2D eigenvalue weighted by Crippen LogP contribution is 2.25. The molecule has 1 aliphatic heterocycles. The van der Waals surface area contributed by atoms with Gasteiger partial charge in [0.2, 0.25) is 0 Å². The van der Waals surface area contributed by atoms with Crippen molar-refractivity contribution in [2.24, 2.45) is 0 Å². The van der Waals surface area contributed by atoms with E-state index < -0.39 is 0 Å². The fraction of sp³-hybridized carbons (Fsp3) is 0.278. The van der Waals surface area contributed by atoms with Crippen LogP contribution >= 0.6 is 11.6 Å². The molecular formula is C18H19ClN2O2. The first-order valence-electron chi connectivity index (χ1n) is 7.62. The van der Waals surface area contributed by atoms with Gasteiger partial charge in [-0.3, -0.25) is 0 Å². The monoisotopic (exact) mass is 330 g/mol. The van der Waals surface area contributed by atoms with Gasteiger partial charge in [0.15, 0.2) is 0 Å². The minimum absolute atomic E-state index is 0.0879. The van der Waals surface area contributed by atoms with E-state index in [0.29, 0.717) is 30.4 Å². The van der Waals surface area contributed by atoms with Gasteiger partial charge in [0.25, 0.3) is 0 Å². The lowest BCUT2D eigenvalue weighted by Gasteiger charge is -2.33. The van der Waals surface area contributed by atoms with Gasteiger partial charge >= 0.3 is 6.03 Å². The topological polar surface area (TPSA) is 41.6 Å². The Morgan fingerprint density at radius 3 is 2.87 bits per heavy atom. The highest BCUT2D eigenvalue weighted by atomic mass is 35.5. The number of halogens is 1. The third kappa shape index (κ3) is 3.84. The summed E-state index contributed by atoms with van der Waals surface area (Å²) < 4.78 is 5.85. The van der Waals surface area contributed by atoms with Gasteiger partial charge in [-0.25, -0.2) is 4.79 Å². The summed E-state index contributed by atoms with van der Waals surface area (Å²) in [4.78, 5) is 14.2. The van der Waals surface area contributed by atoms with Crippen molar-refractivity contribution in [2.75, 3.05) is 25.0 Å². The molecule has 120 valence electrons. The Morgan fingerprint density at radius 2 is 2.09 bits per heavy atom. The predicted molar refractivity (Wildman–Crippen MR) is 91.9 cm³/mol. The average molecular weight is 331 g/mol. The maximum atomic E-state index is 12.5. The van der Waals surface area contributed by atoms with Gasteiger partial charge < -0.3 is 15.0 Å².